The quantitative estimate of drug-likeness (QED) is 0.811. The van der Waals surface area contributed by atoms with Gasteiger partial charge in [0.25, 0.3) is 0 Å². The fraction of sp³-hybridized carbons (Fsp3) is 0.571. The molecule has 1 aromatic carbocycles. The summed E-state index contributed by atoms with van der Waals surface area (Å²) in [5, 5.41) is 0. The lowest BCUT2D eigenvalue weighted by atomic mass is 10.00. The number of hydrogen-bond donors (Lipinski definition) is 1. The molecule has 0 saturated heterocycles. The Morgan fingerprint density at radius 2 is 1.43 bits per heavy atom. The maximum Gasteiger partial charge on any atom is 0.153 e. The molecule has 0 spiro atoms. The number of hydrogen-bond acceptors (Lipinski definition) is 5. The summed E-state index contributed by atoms with van der Waals surface area (Å²) in [6.07, 6.45) is 1.02. The van der Waals surface area contributed by atoms with Crippen LogP contribution in [0.2, 0.25) is 0 Å². The highest BCUT2D eigenvalue weighted by Crippen LogP contribution is 2.18. The third kappa shape index (κ3) is 6.58. The lowest BCUT2D eigenvalue weighted by Crippen LogP contribution is -2.26. The van der Waals surface area contributed by atoms with Gasteiger partial charge in [-0.25, -0.2) is 16.8 Å². The van der Waals surface area contributed by atoms with Crippen molar-refractivity contribution in [2.45, 2.75) is 25.8 Å². The zero-order valence-corrected chi connectivity index (χ0v) is 14.2. The highest BCUT2D eigenvalue weighted by Gasteiger charge is 2.19. The highest BCUT2D eigenvalue weighted by atomic mass is 32.2. The Hall–Kier alpha value is -0.920. The number of nitrogens with two attached hydrogens (primary N) is 1. The minimum atomic E-state index is -3.49. The van der Waals surface area contributed by atoms with Gasteiger partial charge in [-0.3, -0.25) is 0 Å². The van der Waals surface area contributed by atoms with Crippen LogP contribution in [-0.2, 0) is 19.7 Å². The van der Waals surface area contributed by atoms with E-state index in [0.29, 0.717) is 5.92 Å². The SMILES string of the molecule is CC(C)c1ccc(C(N)CS(=O)(=O)CCS(C)(=O)=O)cc1. The Balaban J connectivity index is 2.73. The van der Waals surface area contributed by atoms with Crippen LogP contribution in [-0.4, -0.2) is 40.3 Å². The molecule has 1 atom stereocenters. The van der Waals surface area contributed by atoms with E-state index in [0.717, 1.165) is 17.4 Å². The monoisotopic (exact) mass is 333 g/mol. The van der Waals surface area contributed by atoms with Crippen molar-refractivity contribution in [3.63, 3.8) is 0 Å². The molecule has 0 aliphatic rings. The van der Waals surface area contributed by atoms with E-state index in [9.17, 15) is 16.8 Å². The summed E-state index contributed by atoms with van der Waals surface area (Å²) in [6, 6.07) is 6.88. The van der Waals surface area contributed by atoms with E-state index in [4.69, 9.17) is 5.73 Å². The van der Waals surface area contributed by atoms with Crippen molar-refractivity contribution in [3.8, 4) is 0 Å². The average Bonchev–Trinajstić information content (AvgIpc) is 2.35. The molecule has 2 N–H and O–H groups in total. The van der Waals surface area contributed by atoms with Gasteiger partial charge in [0.05, 0.1) is 17.3 Å². The normalized spacial score (nSPS) is 14.3. The van der Waals surface area contributed by atoms with E-state index in [-0.39, 0.29) is 17.3 Å². The third-order valence-corrected chi connectivity index (χ3v) is 6.13. The van der Waals surface area contributed by atoms with E-state index in [1.807, 2.05) is 24.3 Å². The van der Waals surface area contributed by atoms with E-state index < -0.39 is 25.7 Å². The molecule has 0 heterocycles. The molecule has 1 rings (SSSR count). The van der Waals surface area contributed by atoms with Crippen LogP contribution in [0.25, 0.3) is 0 Å². The van der Waals surface area contributed by atoms with E-state index in [1.165, 1.54) is 0 Å². The van der Waals surface area contributed by atoms with Gasteiger partial charge in [-0.05, 0) is 17.0 Å². The topological polar surface area (TPSA) is 94.3 Å². The highest BCUT2D eigenvalue weighted by molar-refractivity contribution is 7.94. The van der Waals surface area contributed by atoms with Crippen LogP contribution in [0.4, 0.5) is 0 Å². The number of rotatable bonds is 7. The van der Waals surface area contributed by atoms with Gasteiger partial charge < -0.3 is 5.73 Å². The Bertz CT molecular complexity index is 661. The van der Waals surface area contributed by atoms with Crippen LogP contribution in [0.15, 0.2) is 24.3 Å². The molecule has 0 bridgehead atoms. The molecule has 7 heteroatoms. The van der Waals surface area contributed by atoms with Crippen molar-refractivity contribution < 1.29 is 16.8 Å². The molecule has 5 nitrogen and oxygen atoms in total. The molecular formula is C14H23NO4S2. The van der Waals surface area contributed by atoms with Gasteiger partial charge in [0.2, 0.25) is 0 Å². The Labute approximate surface area is 127 Å². The molecule has 0 aromatic heterocycles. The standard InChI is InChI=1S/C14H23NO4S2/c1-11(2)12-4-6-13(7-5-12)14(15)10-21(18,19)9-8-20(3,16)17/h4-7,11,14H,8-10,15H2,1-3H3. The lowest BCUT2D eigenvalue weighted by molar-refractivity contribution is 0.585. The summed E-state index contributed by atoms with van der Waals surface area (Å²) in [6.45, 7) is 4.15. The maximum absolute atomic E-state index is 11.9. The molecule has 0 aliphatic carbocycles. The second kappa shape index (κ2) is 6.89. The summed E-state index contributed by atoms with van der Waals surface area (Å²) >= 11 is 0. The fourth-order valence-electron chi connectivity index (χ4n) is 1.86. The van der Waals surface area contributed by atoms with Crippen LogP contribution < -0.4 is 5.73 Å². The molecule has 1 unspecified atom stereocenters. The van der Waals surface area contributed by atoms with E-state index >= 15 is 0 Å². The van der Waals surface area contributed by atoms with Gasteiger partial charge >= 0.3 is 0 Å². The molecular weight excluding hydrogens is 310 g/mol. The van der Waals surface area contributed by atoms with Crippen LogP contribution in [0, 0.1) is 0 Å². The first-order valence-electron chi connectivity index (χ1n) is 6.74. The first-order chi connectivity index (χ1) is 9.50. The zero-order valence-electron chi connectivity index (χ0n) is 12.6. The van der Waals surface area contributed by atoms with Gasteiger partial charge in [-0.15, -0.1) is 0 Å². The molecule has 0 fully saturated rings. The van der Waals surface area contributed by atoms with Crippen molar-refractivity contribution in [2.75, 3.05) is 23.5 Å². The minimum absolute atomic E-state index is 0.246. The smallest absolute Gasteiger partial charge is 0.153 e. The molecule has 21 heavy (non-hydrogen) atoms. The van der Waals surface area contributed by atoms with E-state index in [2.05, 4.69) is 13.8 Å². The number of sulfone groups is 2. The second-order valence-electron chi connectivity index (χ2n) is 5.67. The molecule has 1 aromatic rings. The van der Waals surface area contributed by atoms with Crippen molar-refractivity contribution in [3.05, 3.63) is 35.4 Å². The Morgan fingerprint density at radius 3 is 1.86 bits per heavy atom. The van der Waals surface area contributed by atoms with Crippen molar-refractivity contribution in [2.24, 2.45) is 5.73 Å². The second-order valence-corrected chi connectivity index (χ2v) is 10.2. The molecule has 0 aliphatic heterocycles. The minimum Gasteiger partial charge on any atom is -0.323 e. The predicted octanol–water partition coefficient (Wildman–Crippen LogP) is 1.27. The zero-order chi connectivity index (χ0) is 16.3. The molecule has 0 saturated carbocycles. The summed E-state index contributed by atoms with van der Waals surface area (Å²) in [4.78, 5) is 0. The van der Waals surface area contributed by atoms with Crippen LogP contribution in [0.1, 0.15) is 36.9 Å². The summed E-state index contributed by atoms with van der Waals surface area (Å²) in [5.41, 5.74) is 7.81. The predicted molar refractivity (Wildman–Crippen MR) is 85.8 cm³/mol. The third-order valence-electron chi connectivity index (χ3n) is 3.23. The van der Waals surface area contributed by atoms with Crippen molar-refractivity contribution in [1.29, 1.82) is 0 Å². The van der Waals surface area contributed by atoms with E-state index in [1.54, 1.807) is 0 Å². The van der Waals surface area contributed by atoms with Gasteiger partial charge in [0, 0.05) is 12.3 Å². The van der Waals surface area contributed by atoms with Crippen molar-refractivity contribution in [1.82, 2.24) is 0 Å². The molecule has 0 radical (unpaired) electrons. The summed E-state index contributed by atoms with van der Waals surface area (Å²) < 4.78 is 45.9. The largest absolute Gasteiger partial charge is 0.323 e. The van der Waals surface area contributed by atoms with Gasteiger partial charge in [0.15, 0.2) is 9.84 Å². The van der Waals surface area contributed by atoms with Gasteiger partial charge in [0.1, 0.15) is 9.84 Å². The summed E-state index contributed by atoms with van der Waals surface area (Å²) in [7, 11) is -6.79. The van der Waals surface area contributed by atoms with Crippen LogP contribution >= 0.6 is 0 Å². The maximum atomic E-state index is 11.9. The van der Waals surface area contributed by atoms with Crippen LogP contribution in [0.5, 0.6) is 0 Å². The average molecular weight is 333 g/mol. The molecule has 0 amide bonds. The summed E-state index contributed by atoms with van der Waals surface area (Å²) in [5.74, 6) is -0.602. The first-order valence-corrected chi connectivity index (χ1v) is 10.6. The van der Waals surface area contributed by atoms with Crippen molar-refractivity contribution >= 4 is 19.7 Å². The van der Waals surface area contributed by atoms with Gasteiger partial charge in [-0.1, -0.05) is 38.1 Å². The fourth-order valence-corrected chi connectivity index (χ4v) is 4.99. The van der Waals surface area contributed by atoms with Crippen LogP contribution in [0.3, 0.4) is 0 Å². The molecule has 120 valence electrons. The Morgan fingerprint density at radius 1 is 0.952 bits per heavy atom. The van der Waals surface area contributed by atoms with Gasteiger partial charge in [-0.2, -0.15) is 0 Å². The Kier molecular flexibility index (Phi) is 5.95. The first kappa shape index (κ1) is 18.1. The number of benzene rings is 1. The lowest BCUT2D eigenvalue weighted by Gasteiger charge is -2.14.